The number of hydrogen-bond donors (Lipinski definition) is 2. The van der Waals surface area contributed by atoms with Crippen LogP contribution in [0.25, 0.3) is 10.8 Å². The molecule has 0 aliphatic rings. The molecule has 0 spiro atoms. The molecule has 4 rings (SSSR count). The first-order valence-electron chi connectivity index (χ1n) is 10.8. The zero-order chi connectivity index (χ0) is 25.1. The maximum Gasteiger partial charge on any atom is 0.341 e. The Hall–Kier alpha value is -3.76. The molecule has 0 aliphatic heterocycles. The second-order valence-electron chi connectivity index (χ2n) is 8.10. The zero-order valence-corrected chi connectivity index (χ0v) is 21.4. The fraction of sp³-hybridized carbons (Fsp3) is 0.200. The second kappa shape index (κ2) is 10.2. The van der Waals surface area contributed by atoms with E-state index in [1.165, 1.54) is 22.8 Å². The smallest absolute Gasteiger partial charge is 0.341 e. The Balaban J connectivity index is 1.50. The number of anilines is 2. The third kappa shape index (κ3) is 5.18. The summed E-state index contributed by atoms with van der Waals surface area (Å²) in [5.74, 6) is -0.732. The quantitative estimate of drug-likeness (QED) is 0.288. The summed E-state index contributed by atoms with van der Waals surface area (Å²) in [5.41, 5.74) is 2.70. The Kier molecular flexibility index (Phi) is 7.13. The number of esters is 1. The molecule has 0 unspecified atom stereocenters. The van der Waals surface area contributed by atoms with Crippen molar-refractivity contribution in [2.75, 3.05) is 31.8 Å². The standard InChI is InChI=1S/C25H25N5O3S2/c1-15-20(24(32)33-4)22(35-21(15)23(31)29(2)3)28-25(34)27-18-12-26-30(14-18)13-17-10-7-9-16-8-5-6-11-19(16)17/h5-12,14H,13H2,1-4H3,(H2,27,28,34). The molecule has 35 heavy (non-hydrogen) atoms. The van der Waals surface area contributed by atoms with Gasteiger partial charge < -0.3 is 20.3 Å². The van der Waals surface area contributed by atoms with E-state index >= 15 is 0 Å². The lowest BCUT2D eigenvalue weighted by Gasteiger charge is -2.09. The maximum absolute atomic E-state index is 12.6. The van der Waals surface area contributed by atoms with Crippen LogP contribution >= 0.6 is 23.6 Å². The summed E-state index contributed by atoms with van der Waals surface area (Å²) < 4.78 is 6.76. The highest BCUT2D eigenvalue weighted by molar-refractivity contribution is 7.80. The Morgan fingerprint density at radius 2 is 1.89 bits per heavy atom. The molecule has 2 heterocycles. The minimum Gasteiger partial charge on any atom is -0.465 e. The molecule has 0 aliphatic carbocycles. The van der Waals surface area contributed by atoms with Crippen molar-refractivity contribution in [2.45, 2.75) is 13.5 Å². The highest BCUT2D eigenvalue weighted by Crippen LogP contribution is 2.34. The van der Waals surface area contributed by atoms with Crippen molar-refractivity contribution in [3.05, 3.63) is 76.4 Å². The van der Waals surface area contributed by atoms with Gasteiger partial charge in [-0.3, -0.25) is 9.48 Å². The van der Waals surface area contributed by atoms with Crippen molar-refractivity contribution in [3.63, 3.8) is 0 Å². The lowest BCUT2D eigenvalue weighted by atomic mass is 10.0. The molecule has 0 saturated carbocycles. The predicted molar refractivity (Wildman–Crippen MR) is 144 cm³/mol. The average molecular weight is 508 g/mol. The van der Waals surface area contributed by atoms with E-state index in [1.54, 1.807) is 27.2 Å². The van der Waals surface area contributed by atoms with Crippen molar-refractivity contribution in [2.24, 2.45) is 0 Å². The summed E-state index contributed by atoms with van der Waals surface area (Å²) in [6.07, 6.45) is 3.54. The van der Waals surface area contributed by atoms with Crippen LogP contribution in [0.2, 0.25) is 0 Å². The molecule has 10 heteroatoms. The number of rotatable bonds is 6. The fourth-order valence-corrected chi connectivity index (χ4v) is 5.25. The number of thiophene rings is 1. The molecule has 0 atom stereocenters. The molecule has 4 aromatic rings. The van der Waals surface area contributed by atoms with E-state index < -0.39 is 5.97 Å². The SMILES string of the molecule is COC(=O)c1c(NC(=S)Nc2cnn(Cc3cccc4ccccc34)c2)sc(C(=O)N(C)C)c1C. The number of hydrogen-bond acceptors (Lipinski definition) is 6. The summed E-state index contributed by atoms with van der Waals surface area (Å²) in [7, 11) is 4.63. The van der Waals surface area contributed by atoms with Crippen LogP contribution < -0.4 is 10.6 Å². The number of methoxy groups -OCH3 is 1. The summed E-state index contributed by atoms with van der Waals surface area (Å²) in [4.78, 5) is 26.9. The van der Waals surface area contributed by atoms with Crippen LogP contribution in [-0.4, -0.2) is 52.9 Å². The number of amides is 1. The normalized spacial score (nSPS) is 10.7. The number of nitrogens with one attached hydrogen (secondary N) is 2. The van der Waals surface area contributed by atoms with Crippen LogP contribution in [0.3, 0.4) is 0 Å². The highest BCUT2D eigenvalue weighted by Gasteiger charge is 2.26. The van der Waals surface area contributed by atoms with Gasteiger partial charge in [-0.2, -0.15) is 5.10 Å². The van der Waals surface area contributed by atoms with Crippen LogP contribution in [0, 0.1) is 6.92 Å². The molecule has 8 nitrogen and oxygen atoms in total. The van der Waals surface area contributed by atoms with Crippen LogP contribution in [0.4, 0.5) is 10.7 Å². The number of carbonyl (C=O) groups excluding carboxylic acids is 2. The van der Waals surface area contributed by atoms with Gasteiger partial charge in [0.05, 0.1) is 36.0 Å². The lowest BCUT2D eigenvalue weighted by Crippen LogP contribution is -2.21. The molecule has 2 N–H and O–H groups in total. The Bertz CT molecular complexity index is 1420. The number of carbonyl (C=O) groups is 2. The maximum atomic E-state index is 12.6. The van der Waals surface area contributed by atoms with Crippen LogP contribution in [-0.2, 0) is 11.3 Å². The minimum absolute atomic E-state index is 0.195. The van der Waals surface area contributed by atoms with Crippen molar-refractivity contribution < 1.29 is 14.3 Å². The Labute approximate surface area is 212 Å². The zero-order valence-electron chi connectivity index (χ0n) is 19.8. The van der Waals surface area contributed by atoms with Crippen molar-refractivity contribution in [1.82, 2.24) is 14.7 Å². The number of ether oxygens (including phenoxy) is 1. The van der Waals surface area contributed by atoms with Gasteiger partial charge >= 0.3 is 5.97 Å². The monoisotopic (exact) mass is 507 g/mol. The first kappa shape index (κ1) is 24.4. The summed E-state index contributed by atoms with van der Waals surface area (Å²) in [5, 5.41) is 13.7. The van der Waals surface area contributed by atoms with Crippen LogP contribution in [0.5, 0.6) is 0 Å². The van der Waals surface area contributed by atoms with Gasteiger partial charge in [0, 0.05) is 20.3 Å². The first-order chi connectivity index (χ1) is 16.8. The Morgan fingerprint density at radius 3 is 2.63 bits per heavy atom. The van der Waals surface area contributed by atoms with Crippen molar-refractivity contribution >= 4 is 62.0 Å². The van der Waals surface area contributed by atoms with Crippen molar-refractivity contribution in [3.8, 4) is 0 Å². The van der Waals surface area contributed by atoms with E-state index in [2.05, 4.69) is 40.0 Å². The largest absolute Gasteiger partial charge is 0.465 e. The van der Waals surface area contributed by atoms with Crippen molar-refractivity contribution in [1.29, 1.82) is 0 Å². The predicted octanol–water partition coefficient (Wildman–Crippen LogP) is 4.75. The molecule has 180 valence electrons. The van der Waals surface area contributed by atoms with Gasteiger partial charge in [-0.15, -0.1) is 11.3 Å². The topological polar surface area (TPSA) is 88.5 Å². The van der Waals surface area contributed by atoms with Crippen LogP contribution in [0.1, 0.15) is 31.2 Å². The highest BCUT2D eigenvalue weighted by atomic mass is 32.1. The van der Waals surface area contributed by atoms with E-state index in [0.717, 1.165) is 16.9 Å². The molecule has 0 bridgehead atoms. The molecule has 2 aromatic heterocycles. The van der Waals surface area contributed by atoms with Gasteiger partial charge in [-0.1, -0.05) is 42.5 Å². The van der Waals surface area contributed by atoms with Gasteiger partial charge in [-0.25, -0.2) is 4.79 Å². The molecule has 0 fully saturated rings. The Morgan fingerprint density at radius 1 is 1.14 bits per heavy atom. The van der Waals surface area contributed by atoms with Gasteiger partial charge in [0.1, 0.15) is 5.00 Å². The average Bonchev–Trinajstić information content (AvgIpc) is 3.41. The molecule has 0 saturated heterocycles. The number of aromatic nitrogens is 2. The van der Waals surface area contributed by atoms with Gasteiger partial charge in [0.25, 0.3) is 5.91 Å². The molecular weight excluding hydrogens is 482 g/mol. The molecule has 1 amide bonds. The van der Waals surface area contributed by atoms with Crippen LogP contribution in [0.15, 0.2) is 54.9 Å². The molecular formula is C25H25N5O3S2. The van der Waals surface area contributed by atoms with Gasteiger partial charge in [0.2, 0.25) is 0 Å². The third-order valence-corrected chi connectivity index (χ3v) is 6.87. The van der Waals surface area contributed by atoms with E-state index in [0.29, 0.717) is 33.2 Å². The molecule has 0 radical (unpaired) electrons. The number of fused-ring (bicyclic) bond motifs is 1. The summed E-state index contributed by atoms with van der Waals surface area (Å²) >= 11 is 6.63. The molecule has 2 aromatic carbocycles. The van der Waals surface area contributed by atoms with Gasteiger partial charge in [0.15, 0.2) is 5.11 Å². The number of benzene rings is 2. The minimum atomic E-state index is -0.537. The van der Waals surface area contributed by atoms with E-state index in [4.69, 9.17) is 17.0 Å². The van der Waals surface area contributed by atoms with E-state index in [1.807, 2.05) is 29.1 Å². The van der Waals surface area contributed by atoms with Gasteiger partial charge in [-0.05, 0) is 41.0 Å². The first-order valence-corrected chi connectivity index (χ1v) is 12.0. The number of nitrogens with zero attached hydrogens (tertiary/aromatic N) is 3. The third-order valence-electron chi connectivity index (χ3n) is 5.47. The number of thiocarbonyl (C=S) groups is 1. The summed E-state index contributed by atoms with van der Waals surface area (Å²) in [6, 6.07) is 14.5. The van der Waals surface area contributed by atoms with E-state index in [9.17, 15) is 9.59 Å². The summed E-state index contributed by atoms with van der Waals surface area (Å²) in [6.45, 7) is 2.33. The van der Waals surface area contributed by atoms with E-state index in [-0.39, 0.29) is 11.0 Å². The second-order valence-corrected chi connectivity index (χ2v) is 9.52. The fourth-order valence-electron chi connectivity index (χ4n) is 3.74. The lowest BCUT2D eigenvalue weighted by molar-refractivity contribution is 0.0601.